The molecule has 6 rings (SSSR count). The summed E-state index contributed by atoms with van der Waals surface area (Å²) in [6.07, 6.45) is 0.476. The van der Waals surface area contributed by atoms with Crippen LogP contribution in [-0.2, 0) is 16.4 Å². The summed E-state index contributed by atoms with van der Waals surface area (Å²) in [5.41, 5.74) is 4.65. The Morgan fingerprint density at radius 1 is 0.848 bits per heavy atom. The summed E-state index contributed by atoms with van der Waals surface area (Å²) in [6, 6.07) is 29.2. The van der Waals surface area contributed by atoms with E-state index >= 15 is 0 Å². The molecule has 1 N–H and O–H groups in total. The van der Waals surface area contributed by atoms with E-state index in [2.05, 4.69) is 4.90 Å². The first kappa shape index (κ1) is 30.9. The van der Waals surface area contributed by atoms with Gasteiger partial charge in [0.15, 0.2) is 0 Å². The second kappa shape index (κ2) is 12.7. The SMILES string of the molecule is Cc1cccc(C(=O)N2CCN(c3ccccc3N(CCc3ccccc3)S(=O)(=O)c3ccc4oc(C(=O)O)c(C)c4c3)CC2)c1. The molecule has 10 heteroatoms. The van der Waals surface area contributed by atoms with E-state index < -0.39 is 16.0 Å². The number of aromatic carboxylic acids is 1. The van der Waals surface area contributed by atoms with Crippen molar-refractivity contribution < 1.29 is 27.5 Å². The van der Waals surface area contributed by atoms with E-state index in [-0.39, 0.29) is 23.1 Å². The molecule has 0 spiro atoms. The molecule has 1 fully saturated rings. The predicted molar refractivity (Wildman–Crippen MR) is 178 cm³/mol. The molecule has 0 aliphatic carbocycles. The minimum absolute atomic E-state index is 0.0142. The van der Waals surface area contributed by atoms with Crippen molar-refractivity contribution in [3.05, 3.63) is 125 Å². The van der Waals surface area contributed by atoms with Gasteiger partial charge in [0.05, 0.1) is 16.3 Å². The molecule has 5 aromatic rings. The van der Waals surface area contributed by atoms with Crippen molar-refractivity contribution in [1.29, 1.82) is 0 Å². The van der Waals surface area contributed by atoms with Crippen LogP contribution < -0.4 is 9.21 Å². The lowest BCUT2D eigenvalue weighted by molar-refractivity contribution is 0.0663. The molecule has 2 heterocycles. The van der Waals surface area contributed by atoms with Gasteiger partial charge >= 0.3 is 5.97 Å². The first-order valence-corrected chi connectivity index (χ1v) is 16.6. The van der Waals surface area contributed by atoms with Gasteiger partial charge in [-0.15, -0.1) is 0 Å². The van der Waals surface area contributed by atoms with Gasteiger partial charge in [0.2, 0.25) is 5.76 Å². The van der Waals surface area contributed by atoms with Crippen molar-refractivity contribution in [2.45, 2.75) is 25.2 Å². The number of fused-ring (bicyclic) bond motifs is 1. The molecule has 0 unspecified atom stereocenters. The molecule has 0 radical (unpaired) electrons. The van der Waals surface area contributed by atoms with Crippen LogP contribution >= 0.6 is 0 Å². The molecule has 1 aliphatic heterocycles. The average molecular weight is 638 g/mol. The molecule has 0 atom stereocenters. The van der Waals surface area contributed by atoms with Crippen LogP contribution in [0.3, 0.4) is 0 Å². The molecule has 9 nitrogen and oxygen atoms in total. The Bertz CT molecular complexity index is 2010. The second-order valence-electron chi connectivity index (χ2n) is 11.5. The van der Waals surface area contributed by atoms with Crippen LogP contribution in [-0.4, -0.2) is 63.0 Å². The number of benzene rings is 4. The molecule has 46 heavy (non-hydrogen) atoms. The highest BCUT2D eigenvalue weighted by molar-refractivity contribution is 7.92. The number of carboxylic acids is 1. The van der Waals surface area contributed by atoms with Gasteiger partial charge in [-0.3, -0.25) is 9.10 Å². The van der Waals surface area contributed by atoms with Crippen LogP contribution in [0.4, 0.5) is 11.4 Å². The van der Waals surface area contributed by atoms with Gasteiger partial charge in [-0.05, 0) is 68.3 Å². The first-order valence-electron chi connectivity index (χ1n) is 15.2. The Morgan fingerprint density at radius 3 is 2.28 bits per heavy atom. The molecule has 0 bridgehead atoms. The standard InChI is InChI=1S/C36H35N3O6S/c1-25-9-8-12-28(23-25)35(40)38-21-19-37(20-22-38)31-13-6-7-14-32(31)39(18-17-27-10-4-3-5-11-27)46(43,44)29-15-16-33-30(24-29)26(2)34(45-33)36(41)42/h3-16,23-24H,17-22H2,1-2H3,(H,41,42). The fourth-order valence-electron chi connectivity index (χ4n) is 5.99. The Morgan fingerprint density at radius 2 is 1.57 bits per heavy atom. The average Bonchev–Trinajstić information content (AvgIpc) is 3.41. The molecule has 0 saturated carbocycles. The van der Waals surface area contributed by atoms with Gasteiger partial charge in [-0.25, -0.2) is 13.2 Å². The van der Waals surface area contributed by atoms with Crippen LogP contribution in [0.2, 0.25) is 0 Å². The number of furan rings is 1. The van der Waals surface area contributed by atoms with Crippen molar-refractivity contribution in [3.63, 3.8) is 0 Å². The van der Waals surface area contributed by atoms with E-state index in [0.29, 0.717) is 60.4 Å². The van der Waals surface area contributed by atoms with E-state index in [0.717, 1.165) is 16.8 Å². The van der Waals surface area contributed by atoms with Crippen molar-refractivity contribution in [1.82, 2.24) is 4.90 Å². The molecule has 4 aromatic carbocycles. The van der Waals surface area contributed by atoms with E-state index in [4.69, 9.17) is 4.42 Å². The number of carbonyl (C=O) groups excluding carboxylic acids is 1. The fraction of sp³-hybridized carbons (Fsp3) is 0.222. The summed E-state index contributed by atoms with van der Waals surface area (Å²) in [4.78, 5) is 28.9. The van der Waals surface area contributed by atoms with E-state index in [1.165, 1.54) is 22.5 Å². The highest BCUT2D eigenvalue weighted by Gasteiger charge is 2.31. The smallest absolute Gasteiger partial charge is 0.372 e. The summed E-state index contributed by atoms with van der Waals surface area (Å²) >= 11 is 0. The van der Waals surface area contributed by atoms with Gasteiger partial charge in [0.25, 0.3) is 15.9 Å². The third-order valence-electron chi connectivity index (χ3n) is 8.46. The summed E-state index contributed by atoms with van der Waals surface area (Å²) in [5, 5.41) is 9.97. The molecule has 1 amide bonds. The fourth-order valence-corrected chi connectivity index (χ4v) is 7.50. The van der Waals surface area contributed by atoms with Gasteiger partial charge in [-0.1, -0.05) is 60.2 Å². The zero-order valence-electron chi connectivity index (χ0n) is 25.7. The maximum atomic E-state index is 14.5. The van der Waals surface area contributed by atoms with Crippen LogP contribution in [0.5, 0.6) is 0 Å². The second-order valence-corrected chi connectivity index (χ2v) is 13.3. The number of piperazine rings is 1. The first-order chi connectivity index (χ1) is 22.1. The number of amides is 1. The summed E-state index contributed by atoms with van der Waals surface area (Å²) in [5.74, 6) is -1.44. The lowest BCUT2D eigenvalue weighted by atomic mass is 10.1. The number of carbonyl (C=O) groups is 2. The number of hydrogen-bond acceptors (Lipinski definition) is 6. The molecule has 1 aromatic heterocycles. The lowest BCUT2D eigenvalue weighted by Crippen LogP contribution is -2.49. The summed E-state index contributed by atoms with van der Waals surface area (Å²) < 4.78 is 36.0. The van der Waals surface area contributed by atoms with Crippen molar-refractivity contribution >= 4 is 44.2 Å². The van der Waals surface area contributed by atoms with Crippen molar-refractivity contribution in [3.8, 4) is 0 Å². The van der Waals surface area contributed by atoms with E-state index in [1.807, 2.05) is 90.7 Å². The van der Waals surface area contributed by atoms with Crippen LogP contribution in [0.15, 0.2) is 106 Å². The van der Waals surface area contributed by atoms with Gasteiger partial charge < -0.3 is 19.3 Å². The highest BCUT2D eigenvalue weighted by Crippen LogP contribution is 2.36. The topological polar surface area (TPSA) is 111 Å². The Kier molecular flexibility index (Phi) is 8.55. The monoisotopic (exact) mass is 637 g/mol. The maximum absolute atomic E-state index is 14.5. The number of sulfonamides is 1. The number of carboxylic acid groups (broad SMARTS) is 1. The number of rotatable bonds is 9. The van der Waals surface area contributed by atoms with Crippen LogP contribution in [0, 0.1) is 13.8 Å². The van der Waals surface area contributed by atoms with Crippen molar-refractivity contribution in [2.75, 3.05) is 41.9 Å². The molecule has 1 saturated heterocycles. The third kappa shape index (κ3) is 6.08. The number of nitrogens with zero attached hydrogens (tertiary/aromatic N) is 3. The normalized spacial score (nSPS) is 13.6. The zero-order chi connectivity index (χ0) is 32.4. The Balaban J connectivity index is 1.33. The predicted octanol–water partition coefficient (Wildman–Crippen LogP) is 6.15. The van der Waals surface area contributed by atoms with Gasteiger partial charge in [0, 0.05) is 49.2 Å². The number of hydrogen-bond donors (Lipinski definition) is 1. The quantitative estimate of drug-likeness (QED) is 0.206. The molecule has 236 valence electrons. The van der Waals surface area contributed by atoms with Gasteiger partial charge in [0.1, 0.15) is 5.58 Å². The summed E-state index contributed by atoms with van der Waals surface area (Å²) in [6.45, 7) is 5.83. The van der Waals surface area contributed by atoms with Crippen molar-refractivity contribution in [2.24, 2.45) is 0 Å². The lowest BCUT2D eigenvalue weighted by Gasteiger charge is -2.38. The van der Waals surface area contributed by atoms with E-state index in [9.17, 15) is 23.1 Å². The Labute approximate surface area is 268 Å². The maximum Gasteiger partial charge on any atom is 0.372 e. The molecule has 1 aliphatic rings. The number of para-hydroxylation sites is 2. The van der Waals surface area contributed by atoms with Gasteiger partial charge in [-0.2, -0.15) is 0 Å². The number of aryl methyl sites for hydroxylation is 2. The summed E-state index contributed by atoms with van der Waals surface area (Å²) in [7, 11) is -4.12. The zero-order valence-corrected chi connectivity index (χ0v) is 26.5. The minimum atomic E-state index is -4.12. The van der Waals surface area contributed by atoms with Crippen LogP contribution in [0.1, 0.15) is 37.6 Å². The van der Waals surface area contributed by atoms with Crippen LogP contribution in [0.25, 0.3) is 11.0 Å². The third-order valence-corrected chi connectivity index (χ3v) is 10.3. The highest BCUT2D eigenvalue weighted by atomic mass is 32.2. The Hall–Kier alpha value is -5.09. The van der Waals surface area contributed by atoms with E-state index in [1.54, 1.807) is 6.92 Å². The number of anilines is 2. The molecular weight excluding hydrogens is 602 g/mol. The minimum Gasteiger partial charge on any atom is -0.475 e. The largest absolute Gasteiger partial charge is 0.475 e. The molecular formula is C36H35N3O6S.